The molecule has 0 spiro atoms. The maximum absolute atomic E-state index is 12.6. The van der Waals surface area contributed by atoms with Crippen molar-refractivity contribution in [1.82, 2.24) is 14.4 Å². The summed E-state index contributed by atoms with van der Waals surface area (Å²) in [5.74, 6) is 0.769. The zero-order valence-corrected chi connectivity index (χ0v) is 16.6. The number of benzene rings is 1. The number of carbonyl (C=O) groups is 1. The van der Waals surface area contributed by atoms with Crippen LogP contribution in [0.5, 0.6) is 0 Å². The van der Waals surface area contributed by atoms with Crippen molar-refractivity contribution in [3.05, 3.63) is 36.0 Å². The maximum Gasteiger partial charge on any atom is 0.224 e. The second-order valence-electron chi connectivity index (χ2n) is 7.74. The van der Waals surface area contributed by atoms with Crippen LogP contribution in [0.15, 0.2) is 30.5 Å². The number of fused-ring (bicyclic) bond motifs is 1. The molecule has 2 fully saturated rings. The van der Waals surface area contributed by atoms with E-state index in [0.717, 1.165) is 19.5 Å². The molecule has 1 aromatic heterocycles. The number of aromatic nitrogens is 1. The van der Waals surface area contributed by atoms with Gasteiger partial charge in [0, 0.05) is 62.3 Å². The predicted molar refractivity (Wildman–Crippen MR) is 107 cm³/mol. The minimum atomic E-state index is -2.85. The molecule has 2 saturated heterocycles. The summed E-state index contributed by atoms with van der Waals surface area (Å²) >= 11 is 0. The van der Waals surface area contributed by atoms with Gasteiger partial charge in [-0.05, 0) is 31.0 Å². The molecule has 3 heterocycles. The molecule has 0 unspecified atom stereocenters. The molecule has 2 aliphatic heterocycles. The van der Waals surface area contributed by atoms with Crippen molar-refractivity contribution >= 4 is 26.6 Å². The van der Waals surface area contributed by atoms with Crippen LogP contribution in [0.1, 0.15) is 18.4 Å². The summed E-state index contributed by atoms with van der Waals surface area (Å²) in [5.41, 5.74) is 2.43. The lowest BCUT2D eigenvalue weighted by molar-refractivity contribution is -0.133. The van der Waals surface area contributed by atoms with Gasteiger partial charge in [0.05, 0.1) is 11.5 Å². The topological polar surface area (TPSA) is 62.6 Å². The summed E-state index contributed by atoms with van der Waals surface area (Å²) < 4.78 is 25.5. The number of carbonyl (C=O) groups excluding carboxylic acids is 1. The number of nitrogens with zero attached hydrogens (tertiary/aromatic N) is 3. The Labute approximate surface area is 160 Å². The number of sulfone groups is 1. The highest BCUT2D eigenvalue weighted by Crippen LogP contribution is 2.21. The Morgan fingerprint density at radius 3 is 2.63 bits per heavy atom. The Morgan fingerprint density at radius 2 is 1.93 bits per heavy atom. The Morgan fingerprint density at radius 1 is 1.15 bits per heavy atom. The van der Waals surface area contributed by atoms with Crippen molar-refractivity contribution in [2.75, 3.05) is 37.7 Å². The van der Waals surface area contributed by atoms with E-state index in [4.69, 9.17) is 0 Å². The standard InChI is InChI=1S/C20H27N3O3S/c1-16-3-2-4-19-18(16)5-8-22(19)9-6-20(24)23-12-10-21(11-13-23)17-7-14-27(25,26)15-17/h2-5,8,17H,6-7,9-15H2,1H3/t17-/m0/s1. The predicted octanol–water partition coefficient (Wildman–Crippen LogP) is 1.67. The van der Waals surface area contributed by atoms with Gasteiger partial charge in [-0.3, -0.25) is 9.69 Å². The third-order valence-electron chi connectivity index (χ3n) is 5.99. The number of aryl methyl sites for hydroxylation is 2. The number of rotatable bonds is 4. The average molecular weight is 390 g/mol. The average Bonchev–Trinajstić information content (AvgIpc) is 3.24. The smallest absolute Gasteiger partial charge is 0.224 e. The van der Waals surface area contributed by atoms with Crippen molar-refractivity contribution in [2.45, 2.75) is 32.4 Å². The van der Waals surface area contributed by atoms with E-state index in [9.17, 15) is 13.2 Å². The van der Waals surface area contributed by atoms with E-state index in [1.165, 1.54) is 16.5 Å². The molecule has 27 heavy (non-hydrogen) atoms. The van der Waals surface area contributed by atoms with E-state index in [1.54, 1.807) is 0 Å². The van der Waals surface area contributed by atoms with E-state index in [0.29, 0.717) is 31.8 Å². The number of hydrogen-bond acceptors (Lipinski definition) is 4. The van der Waals surface area contributed by atoms with Gasteiger partial charge in [-0.2, -0.15) is 0 Å². The highest BCUT2D eigenvalue weighted by atomic mass is 32.2. The van der Waals surface area contributed by atoms with Gasteiger partial charge in [-0.25, -0.2) is 8.42 Å². The Kier molecular flexibility index (Phi) is 4.99. The Bertz CT molecular complexity index is 943. The van der Waals surface area contributed by atoms with Crippen LogP contribution in [0.3, 0.4) is 0 Å². The Hall–Kier alpha value is -1.86. The van der Waals surface area contributed by atoms with Crippen LogP contribution in [-0.4, -0.2) is 72.4 Å². The second-order valence-corrected chi connectivity index (χ2v) is 9.97. The molecule has 1 atom stereocenters. The van der Waals surface area contributed by atoms with E-state index in [1.807, 2.05) is 4.90 Å². The van der Waals surface area contributed by atoms with Crippen molar-refractivity contribution in [3.8, 4) is 0 Å². The fraction of sp³-hybridized carbons (Fsp3) is 0.550. The van der Waals surface area contributed by atoms with Crippen LogP contribution in [0.25, 0.3) is 10.9 Å². The lowest BCUT2D eigenvalue weighted by Crippen LogP contribution is -2.52. The van der Waals surface area contributed by atoms with E-state index < -0.39 is 9.84 Å². The highest BCUT2D eigenvalue weighted by molar-refractivity contribution is 7.91. The molecule has 2 aromatic rings. The van der Waals surface area contributed by atoms with Gasteiger partial charge in [0.1, 0.15) is 0 Å². The molecular weight excluding hydrogens is 362 g/mol. The minimum absolute atomic E-state index is 0.140. The zero-order valence-electron chi connectivity index (χ0n) is 15.8. The van der Waals surface area contributed by atoms with Crippen molar-refractivity contribution < 1.29 is 13.2 Å². The maximum atomic E-state index is 12.6. The summed E-state index contributed by atoms with van der Waals surface area (Å²) in [5, 5.41) is 1.24. The fourth-order valence-corrected chi connectivity index (χ4v) is 6.11. The number of hydrogen-bond donors (Lipinski definition) is 0. The number of piperazine rings is 1. The van der Waals surface area contributed by atoms with E-state index >= 15 is 0 Å². The lowest BCUT2D eigenvalue weighted by atomic mass is 10.1. The first-order chi connectivity index (χ1) is 12.9. The van der Waals surface area contributed by atoms with Gasteiger partial charge in [-0.1, -0.05) is 12.1 Å². The molecule has 0 radical (unpaired) electrons. The van der Waals surface area contributed by atoms with Crippen LogP contribution < -0.4 is 0 Å². The van der Waals surface area contributed by atoms with Gasteiger partial charge >= 0.3 is 0 Å². The largest absolute Gasteiger partial charge is 0.347 e. The molecule has 0 N–H and O–H groups in total. The molecule has 1 amide bonds. The number of amides is 1. The zero-order chi connectivity index (χ0) is 19.0. The van der Waals surface area contributed by atoms with Crippen LogP contribution in [0.2, 0.25) is 0 Å². The quantitative estimate of drug-likeness (QED) is 0.798. The van der Waals surface area contributed by atoms with Crippen molar-refractivity contribution in [3.63, 3.8) is 0 Å². The monoisotopic (exact) mass is 389 g/mol. The molecular formula is C20H27N3O3S. The van der Waals surface area contributed by atoms with Gasteiger partial charge in [0.15, 0.2) is 9.84 Å². The summed E-state index contributed by atoms with van der Waals surface area (Å²) in [6.45, 7) is 5.73. The minimum Gasteiger partial charge on any atom is -0.347 e. The van der Waals surface area contributed by atoms with E-state index in [2.05, 4.69) is 46.9 Å². The summed E-state index contributed by atoms with van der Waals surface area (Å²) in [7, 11) is -2.85. The van der Waals surface area contributed by atoms with E-state index in [-0.39, 0.29) is 17.7 Å². The first-order valence-electron chi connectivity index (χ1n) is 9.70. The molecule has 7 heteroatoms. The molecule has 1 aromatic carbocycles. The summed E-state index contributed by atoms with van der Waals surface area (Å²) in [6.07, 6.45) is 3.29. The molecule has 4 rings (SSSR count). The van der Waals surface area contributed by atoms with Crippen molar-refractivity contribution in [2.24, 2.45) is 0 Å². The van der Waals surface area contributed by atoms with Gasteiger partial charge in [0.25, 0.3) is 0 Å². The fourth-order valence-electron chi connectivity index (χ4n) is 4.35. The molecule has 0 aliphatic carbocycles. The SMILES string of the molecule is Cc1cccc2c1ccn2CCC(=O)N1CCN([C@H]2CCS(=O)(=O)C2)CC1. The van der Waals surface area contributed by atoms with Gasteiger partial charge in [-0.15, -0.1) is 0 Å². The van der Waals surface area contributed by atoms with Crippen LogP contribution in [0.4, 0.5) is 0 Å². The summed E-state index contributed by atoms with van der Waals surface area (Å²) in [4.78, 5) is 16.8. The molecule has 146 valence electrons. The second kappa shape index (κ2) is 7.28. The molecule has 0 saturated carbocycles. The first kappa shape index (κ1) is 18.5. The molecule has 0 bridgehead atoms. The molecule has 2 aliphatic rings. The lowest BCUT2D eigenvalue weighted by Gasteiger charge is -2.37. The normalized spacial score (nSPS) is 23.1. The van der Waals surface area contributed by atoms with Crippen LogP contribution in [-0.2, 0) is 21.2 Å². The van der Waals surface area contributed by atoms with Gasteiger partial charge < -0.3 is 9.47 Å². The van der Waals surface area contributed by atoms with Crippen molar-refractivity contribution in [1.29, 1.82) is 0 Å². The van der Waals surface area contributed by atoms with Gasteiger partial charge in [0.2, 0.25) is 5.91 Å². The van der Waals surface area contributed by atoms with Crippen LogP contribution >= 0.6 is 0 Å². The Balaban J connectivity index is 1.30. The van der Waals surface area contributed by atoms with Crippen LogP contribution in [0, 0.1) is 6.92 Å². The molecule has 6 nitrogen and oxygen atoms in total. The third-order valence-corrected chi connectivity index (χ3v) is 7.74. The highest BCUT2D eigenvalue weighted by Gasteiger charge is 2.34. The summed E-state index contributed by atoms with van der Waals surface area (Å²) in [6, 6.07) is 8.51. The third kappa shape index (κ3) is 3.89. The first-order valence-corrected chi connectivity index (χ1v) is 11.5.